The van der Waals surface area contributed by atoms with Crippen molar-refractivity contribution in [3.05, 3.63) is 5.89 Å². The van der Waals surface area contributed by atoms with Gasteiger partial charge in [0.1, 0.15) is 6.04 Å². The van der Waals surface area contributed by atoms with E-state index >= 15 is 0 Å². The quantitative estimate of drug-likeness (QED) is 0.709. The van der Waals surface area contributed by atoms with Gasteiger partial charge in [0.25, 0.3) is 5.91 Å². The molecule has 1 atom stereocenters. The average molecular weight is 267 g/mol. The van der Waals surface area contributed by atoms with Crippen LogP contribution >= 0.6 is 0 Å². The van der Waals surface area contributed by atoms with Crippen LogP contribution in [0.25, 0.3) is 0 Å². The summed E-state index contributed by atoms with van der Waals surface area (Å²) in [5.41, 5.74) is 0. The number of amides is 2. The third kappa shape index (κ3) is 3.08. The van der Waals surface area contributed by atoms with Gasteiger partial charge in [0.05, 0.1) is 6.54 Å². The Bertz CT molecular complexity index is 473. The number of nitrogens with one attached hydrogen (secondary N) is 2. The highest BCUT2D eigenvalue weighted by molar-refractivity contribution is 6.01. The molecule has 2 rings (SSSR count). The zero-order valence-electron chi connectivity index (χ0n) is 11.0. The van der Waals surface area contributed by atoms with Crippen molar-refractivity contribution >= 4 is 17.8 Å². The zero-order chi connectivity index (χ0) is 13.8. The van der Waals surface area contributed by atoms with Gasteiger partial charge in [-0.2, -0.15) is 0 Å². The van der Waals surface area contributed by atoms with E-state index in [9.17, 15) is 9.59 Å². The van der Waals surface area contributed by atoms with Gasteiger partial charge in [-0.05, 0) is 13.0 Å². The van der Waals surface area contributed by atoms with E-state index in [0.717, 1.165) is 11.4 Å². The molecule has 1 unspecified atom stereocenters. The third-order valence-electron chi connectivity index (χ3n) is 2.94. The van der Waals surface area contributed by atoms with Crippen LogP contribution in [0.15, 0.2) is 4.42 Å². The van der Waals surface area contributed by atoms with Crippen LogP contribution in [0, 0.1) is 0 Å². The van der Waals surface area contributed by atoms with Crippen LogP contribution in [0.2, 0.25) is 0 Å². The van der Waals surface area contributed by atoms with Gasteiger partial charge in [0.2, 0.25) is 11.8 Å². The van der Waals surface area contributed by atoms with Gasteiger partial charge in [-0.15, -0.1) is 5.10 Å². The highest BCUT2D eigenvalue weighted by atomic mass is 16.4. The van der Waals surface area contributed by atoms with E-state index in [1.54, 1.807) is 0 Å². The van der Waals surface area contributed by atoms with Crippen molar-refractivity contribution < 1.29 is 14.0 Å². The van der Waals surface area contributed by atoms with E-state index in [-0.39, 0.29) is 17.8 Å². The molecule has 1 aliphatic rings. The van der Waals surface area contributed by atoms with E-state index in [0.29, 0.717) is 25.3 Å². The number of hydrogen-bond acceptors (Lipinski definition) is 7. The second-order valence-corrected chi connectivity index (χ2v) is 4.31. The molecule has 0 aliphatic carbocycles. The maximum Gasteiger partial charge on any atom is 0.316 e. The Morgan fingerprint density at radius 1 is 1.42 bits per heavy atom. The van der Waals surface area contributed by atoms with Crippen LogP contribution < -0.4 is 10.6 Å². The molecule has 1 aromatic rings. The zero-order valence-corrected chi connectivity index (χ0v) is 11.0. The van der Waals surface area contributed by atoms with Gasteiger partial charge < -0.3 is 15.1 Å². The van der Waals surface area contributed by atoms with E-state index in [1.807, 2.05) is 6.92 Å². The van der Waals surface area contributed by atoms with Crippen LogP contribution in [-0.4, -0.2) is 46.5 Å². The summed E-state index contributed by atoms with van der Waals surface area (Å²) in [5, 5.41) is 13.6. The Balaban J connectivity index is 1.95. The van der Waals surface area contributed by atoms with Crippen LogP contribution in [0.3, 0.4) is 0 Å². The lowest BCUT2D eigenvalue weighted by Gasteiger charge is -2.27. The monoisotopic (exact) mass is 267 g/mol. The van der Waals surface area contributed by atoms with Crippen molar-refractivity contribution in [2.75, 3.05) is 18.9 Å². The minimum atomic E-state index is -0.491. The Labute approximate surface area is 110 Å². The second kappa shape index (κ2) is 5.79. The molecule has 0 spiro atoms. The molecule has 1 aliphatic heterocycles. The van der Waals surface area contributed by atoms with Crippen molar-refractivity contribution in [1.29, 1.82) is 0 Å². The minimum Gasteiger partial charge on any atom is -0.407 e. The molecule has 1 saturated heterocycles. The summed E-state index contributed by atoms with van der Waals surface area (Å²) < 4.78 is 5.35. The second-order valence-electron chi connectivity index (χ2n) is 4.31. The van der Waals surface area contributed by atoms with Gasteiger partial charge in [0, 0.05) is 13.5 Å². The first kappa shape index (κ1) is 13.5. The minimum absolute atomic E-state index is 0.165. The van der Waals surface area contributed by atoms with Crippen LogP contribution in [0.4, 0.5) is 6.01 Å². The lowest BCUT2D eigenvalue weighted by molar-refractivity contribution is -0.146. The molecule has 0 bridgehead atoms. The smallest absolute Gasteiger partial charge is 0.316 e. The summed E-state index contributed by atoms with van der Waals surface area (Å²) in [4.78, 5) is 24.3. The molecule has 1 fully saturated rings. The van der Waals surface area contributed by atoms with Crippen molar-refractivity contribution in [1.82, 2.24) is 20.4 Å². The van der Waals surface area contributed by atoms with E-state index in [2.05, 4.69) is 20.8 Å². The molecule has 104 valence electrons. The first-order valence-corrected chi connectivity index (χ1v) is 6.22. The van der Waals surface area contributed by atoms with Crippen LogP contribution in [0.5, 0.6) is 0 Å². The average Bonchev–Trinajstić information content (AvgIpc) is 2.85. The number of rotatable bonds is 5. The van der Waals surface area contributed by atoms with Gasteiger partial charge in [-0.3, -0.25) is 14.5 Å². The van der Waals surface area contributed by atoms with Gasteiger partial charge in [-0.25, -0.2) is 0 Å². The van der Waals surface area contributed by atoms with E-state index in [1.165, 1.54) is 7.05 Å². The number of imide groups is 1. The maximum atomic E-state index is 11.9. The highest BCUT2D eigenvalue weighted by Gasteiger charge is 2.32. The molecule has 2 N–H and O–H groups in total. The van der Waals surface area contributed by atoms with E-state index < -0.39 is 6.04 Å². The van der Waals surface area contributed by atoms with Crippen molar-refractivity contribution in [3.63, 3.8) is 0 Å². The number of carbonyl (C=O) groups is 2. The molecular formula is C11H17N5O3. The Morgan fingerprint density at radius 2 is 2.21 bits per heavy atom. The fraction of sp³-hybridized carbons (Fsp3) is 0.636. The molecule has 2 amide bonds. The van der Waals surface area contributed by atoms with Gasteiger partial charge >= 0.3 is 6.01 Å². The summed E-state index contributed by atoms with van der Waals surface area (Å²) in [6.45, 7) is 3.27. The van der Waals surface area contributed by atoms with Gasteiger partial charge in [-0.1, -0.05) is 12.0 Å². The number of aromatic nitrogens is 2. The van der Waals surface area contributed by atoms with Crippen LogP contribution in [0.1, 0.15) is 25.7 Å². The molecule has 2 heterocycles. The summed E-state index contributed by atoms with van der Waals surface area (Å²) >= 11 is 0. The summed E-state index contributed by atoms with van der Waals surface area (Å²) in [7, 11) is 1.48. The molecule has 0 aromatic carbocycles. The van der Waals surface area contributed by atoms with Crippen LogP contribution in [-0.2, 0) is 16.1 Å². The third-order valence-corrected chi connectivity index (χ3v) is 2.94. The van der Waals surface area contributed by atoms with E-state index in [4.69, 9.17) is 4.42 Å². The Kier molecular flexibility index (Phi) is 4.10. The summed E-state index contributed by atoms with van der Waals surface area (Å²) in [5.74, 6) is 0.0149. The Hall–Kier alpha value is -1.96. The molecule has 0 saturated carbocycles. The molecule has 8 nitrogen and oxygen atoms in total. The molecule has 19 heavy (non-hydrogen) atoms. The number of nitrogens with zero attached hydrogens (tertiary/aromatic N) is 3. The lowest BCUT2D eigenvalue weighted by atomic mass is 10.1. The molecule has 0 radical (unpaired) electrons. The fourth-order valence-electron chi connectivity index (χ4n) is 1.81. The highest BCUT2D eigenvalue weighted by Crippen LogP contribution is 2.16. The predicted molar refractivity (Wildman–Crippen MR) is 66.1 cm³/mol. The van der Waals surface area contributed by atoms with Crippen molar-refractivity contribution in [2.45, 2.75) is 32.4 Å². The normalized spacial score (nSPS) is 19.9. The lowest BCUT2D eigenvalue weighted by Crippen LogP contribution is -2.48. The number of piperidine rings is 1. The summed E-state index contributed by atoms with van der Waals surface area (Å²) in [6.07, 6.45) is 0.769. The number of hydrogen-bond donors (Lipinski definition) is 2. The molecule has 1 aromatic heterocycles. The van der Waals surface area contributed by atoms with Gasteiger partial charge in [0.15, 0.2) is 0 Å². The first-order valence-electron chi connectivity index (χ1n) is 6.22. The largest absolute Gasteiger partial charge is 0.407 e. The first-order chi connectivity index (χ1) is 9.11. The number of likely N-dealkylation sites (tertiary alicyclic amines) is 1. The van der Waals surface area contributed by atoms with Crippen molar-refractivity contribution in [3.8, 4) is 0 Å². The molecular weight excluding hydrogens is 250 g/mol. The standard InChI is InChI=1S/C11H17N5O3/c1-3-12-6-8-14-15-11(19-8)13-7-4-5-9(17)16(2)10(7)18/h7,12H,3-6H2,1-2H3,(H,13,15). The number of anilines is 1. The maximum absolute atomic E-state index is 11.9. The topological polar surface area (TPSA) is 100 Å². The molecule has 8 heteroatoms. The number of carbonyl (C=O) groups excluding carboxylic acids is 2. The Morgan fingerprint density at radius 3 is 2.95 bits per heavy atom. The SMILES string of the molecule is CCNCc1nnc(NC2CCC(=O)N(C)C2=O)o1. The number of likely N-dealkylation sites (N-methyl/N-ethyl adjacent to an activating group) is 1. The predicted octanol–water partition coefficient (Wildman–Crippen LogP) is -0.262. The fourth-order valence-corrected chi connectivity index (χ4v) is 1.81. The summed E-state index contributed by atoms with van der Waals surface area (Å²) in [6, 6.07) is -0.288. The van der Waals surface area contributed by atoms with Crippen molar-refractivity contribution in [2.24, 2.45) is 0 Å².